The second kappa shape index (κ2) is 6.44. The Morgan fingerprint density at radius 2 is 2.21 bits per heavy atom. The molecule has 0 rings (SSSR count). The van der Waals surface area contributed by atoms with Gasteiger partial charge in [0.2, 0.25) is 5.91 Å². The highest BCUT2D eigenvalue weighted by atomic mass is 16.5. The molecule has 0 aliphatic carbocycles. The largest absolute Gasteiger partial charge is 0.382 e. The zero-order chi connectivity index (χ0) is 11.0. The van der Waals surface area contributed by atoms with Gasteiger partial charge in [-0.3, -0.25) is 4.79 Å². The van der Waals surface area contributed by atoms with Gasteiger partial charge in [-0.15, -0.1) is 6.42 Å². The maximum Gasteiger partial charge on any atom is 0.221 e. The molecule has 0 atom stereocenters. The van der Waals surface area contributed by atoms with Crippen LogP contribution in [0.5, 0.6) is 0 Å². The van der Waals surface area contributed by atoms with Crippen LogP contribution < -0.4 is 5.32 Å². The zero-order valence-electron chi connectivity index (χ0n) is 9.22. The summed E-state index contributed by atoms with van der Waals surface area (Å²) >= 11 is 0. The lowest BCUT2D eigenvalue weighted by atomic mass is 10.1. The van der Waals surface area contributed by atoms with Crippen molar-refractivity contribution in [1.29, 1.82) is 0 Å². The monoisotopic (exact) mass is 197 g/mol. The van der Waals surface area contributed by atoms with E-state index in [1.54, 1.807) is 13.8 Å². The molecule has 0 saturated heterocycles. The molecule has 0 aliphatic heterocycles. The first-order valence-corrected chi connectivity index (χ1v) is 4.88. The van der Waals surface area contributed by atoms with Gasteiger partial charge < -0.3 is 10.1 Å². The van der Waals surface area contributed by atoms with Gasteiger partial charge in [0.25, 0.3) is 0 Å². The normalized spacial score (nSPS) is 10.7. The summed E-state index contributed by atoms with van der Waals surface area (Å²) in [6.45, 7) is 6.85. The summed E-state index contributed by atoms with van der Waals surface area (Å²) in [5.74, 6) is 2.49. The van der Waals surface area contributed by atoms with Crippen molar-refractivity contribution in [2.45, 2.75) is 39.2 Å². The Morgan fingerprint density at radius 3 is 2.71 bits per heavy atom. The van der Waals surface area contributed by atoms with Gasteiger partial charge in [-0.1, -0.05) is 5.92 Å². The number of ether oxygens (including phenoxy) is 1. The first-order valence-electron chi connectivity index (χ1n) is 4.88. The van der Waals surface area contributed by atoms with E-state index in [-0.39, 0.29) is 5.91 Å². The number of amides is 1. The third-order valence-corrected chi connectivity index (χ3v) is 1.71. The van der Waals surface area contributed by atoms with E-state index in [9.17, 15) is 4.79 Å². The average molecular weight is 197 g/mol. The van der Waals surface area contributed by atoms with Gasteiger partial charge >= 0.3 is 0 Å². The van der Waals surface area contributed by atoms with E-state index >= 15 is 0 Å². The first kappa shape index (κ1) is 13.0. The highest BCUT2D eigenvalue weighted by Crippen LogP contribution is 2.00. The second-order valence-corrected chi connectivity index (χ2v) is 3.62. The molecule has 0 aromatic rings. The summed E-state index contributed by atoms with van der Waals surface area (Å²) in [6.07, 6.45) is 6.44. The third-order valence-electron chi connectivity index (χ3n) is 1.71. The van der Waals surface area contributed by atoms with Crippen molar-refractivity contribution >= 4 is 5.91 Å². The average Bonchev–Trinajstić information content (AvgIpc) is 2.12. The lowest BCUT2D eigenvalue weighted by molar-refractivity contribution is -0.122. The van der Waals surface area contributed by atoms with Crippen molar-refractivity contribution in [1.82, 2.24) is 5.32 Å². The van der Waals surface area contributed by atoms with E-state index in [1.807, 2.05) is 6.92 Å². The van der Waals surface area contributed by atoms with Crippen molar-refractivity contribution in [3.05, 3.63) is 0 Å². The van der Waals surface area contributed by atoms with E-state index in [0.29, 0.717) is 19.6 Å². The Kier molecular flexibility index (Phi) is 5.98. The molecule has 14 heavy (non-hydrogen) atoms. The van der Waals surface area contributed by atoms with E-state index in [1.165, 1.54) is 0 Å². The summed E-state index contributed by atoms with van der Waals surface area (Å²) in [4.78, 5) is 11.3. The van der Waals surface area contributed by atoms with E-state index in [0.717, 1.165) is 6.42 Å². The van der Waals surface area contributed by atoms with Gasteiger partial charge in [-0.25, -0.2) is 0 Å². The van der Waals surface area contributed by atoms with Gasteiger partial charge in [0, 0.05) is 19.6 Å². The molecule has 0 saturated carbocycles. The fourth-order valence-electron chi connectivity index (χ4n) is 0.926. The lowest BCUT2D eigenvalue weighted by Crippen LogP contribution is -2.42. The smallest absolute Gasteiger partial charge is 0.221 e. The van der Waals surface area contributed by atoms with Gasteiger partial charge in [0.15, 0.2) is 0 Å². The van der Waals surface area contributed by atoms with E-state index in [4.69, 9.17) is 11.2 Å². The van der Waals surface area contributed by atoms with Crippen molar-refractivity contribution < 1.29 is 9.53 Å². The molecule has 0 radical (unpaired) electrons. The molecule has 0 heterocycles. The summed E-state index contributed by atoms with van der Waals surface area (Å²) in [7, 11) is 0. The molecule has 0 aliphatic rings. The van der Waals surface area contributed by atoms with Crippen LogP contribution in [0.4, 0.5) is 0 Å². The minimum Gasteiger partial charge on any atom is -0.382 e. The second-order valence-electron chi connectivity index (χ2n) is 3.62. The molecular weight excluding hydrogens is 178 g/mol. The Morgan fingerprint density at radius 1 is 1.57 bits per heavy atom. The first-order chi connectivity index (χ1) is 6.52. The molecule has 0 fully saturated rings. The van der Waals surface area contributed by atoms with Crippen molar-refractivity contribution in [2.75, 3.05) is 13.2 Å². The highest BCUT2D eigenvalue weighted by Gasteiger charge is 2.15. The third kappa shape index (κ3) is 6.50. The van der Waals surface area contributed by atoms with Crippen molar-refractivity contribution in [2.24, 2.45) is 0 Å². The van der Waals surface area contributed by atoms with Crippen LogP contribution in [-0.2, 0) is 9.53 Å². The van der Waals surface area contributed by atoms with Gasteiger partial charge in [0.05, 0.1) is 5.54 Å². The van der Waals surface area contributed by atoms with Gasteiger partial charge in [-0.2, -0.15) is 0 Å². The number of hydrogen-bond donors (Lipinski definition) is 1. The van der Waals surface area contributed by atoms with E-state index in [2.05, 4.69) is 11.2 Å². The van der Waals surface area contributed by atoms with Gasteiger partial charge in [0.1, 0.15) is 0 Å². The number of nitrogens with one attached hydrogen (secondary N) is 1. The highest BCUT2D eigenvalue weighted by molar-refractivity contribution is 5.77. The molecule has 1 amide bonds. The molecule has 80 valence electrons. The zero-order valence-corrected chi connectivity index (χ0v) is 9.22. The maximum atomic E-state index is 11.3. The number of carbonyl (C=O) groups excluding carboxylic acids is 1. The topological polar surface area (TPSA) is 38.3 Å². The van der Waals surface area contributed by atoms with Crippen LogP contribution in [0, 0.1) is 12.3 Å². The minimum atomic E-state index is -0.553. The Balaban J connectivity index is 3.62. The predicted molar refractivity (Wildman–Crippen MR) is 56.8 cm³/mol. The van der Waals surface area contributed by atoms with Crippen LogP contribution in [-0.4, -0.2) is 24.7 Å². The summed E-state index contributed by atoms with van der Waals surface area (Å²) in [5.41, 5.74) is -0.553. The SMILES string of the molecule is C#CC(C)(C)NC(=O)CCCOCC. The standard InChI is InChI=1S/C11H19NO2/c1-5-11(3,4)12-10(13)8-7-9-14-6-2/h1H,6-9H2,2-4H3,(H,12,13). The van der Waals surface area contributed by atoms with Crippen LogP contribution in [0.2, 0.25) is 0 Å². The van der Waals surface area contributed by atoms with Crippen LogP contribution in [0.25, 0.3) is 0 Å². The van der Waals surface area contributed by atoms with Crippen LogP contribution in [0.3, 0.4) is 0 Å². The number of rotatable bonds is 6. The Bertz CT molecular complexity index is 216. The number of terminal acetylenes is 1. The van der Waals surface area contributed by atoms with Crippen LogP contribution >= 0.6 is 0 Å². The molecule has 3 heteroatoms. The van der Waals surface area contributed by atoms with Gasteiger partial charge in [-0.05, 0) is 27.2 Å². The minimum absolute atomic E-state index is 0.0207. The molecule has 0 aromatic carbocycles. The molecule has 0 bridgehead atoms. The summed E-state index contributed by atoms with van der Waals surface area (Å²) < 4.78 is 5.12. The van der Waals surface area contributed by atoms with Crippen LogP contribution in [0.15, 0.2) is 0 Å². The van der Waals surface area contributed by atoms with Crippen molar-refractivity contribution in [3.63, 3.8) is 0 Å². The Hall–Kier alpha value is -1.01. The summed E-state index contributed by atoms with van der Waals surface area (Å²) in [6, 6.07) is 0. The molecule has 0 aromatic heterocycles. The van der Waals surface area contributed by atoms with Crippen LogP contribution in [0.1, 0.15) is 33.6 Å². The maximum absolute atomic E-state index is 11.3. The quantitative estimate of drug-likeness (QED) is 0.515. The molecular formula is C11H19NO2. The molecule has 3 nitrogen and oxygen atoms in total. The lowest BCUT2D eigenvalue weighted by Gasteiger charge is -2.19. The fourth-order valence-corrected chi connectivity index (χ4v) is 0.926. The molecule has 1 N–H and O–H groups in total. The fraction of sp³-hybridized carbons (Fsp3) is 0.727. The molecule has 0 unspecified atom stereocenters. The number of hydrogen-bond acceptors (Lipinski definition) is 2. The summed E-state index contributed by atoms with van der Waals surface area (Å²) in [5, 5.41) is 2.75. The predicted octanol–water partition coefficient (Wildman–Crippen LogP) is 1.33. The Labute approximate surface area is 86.2 Å². The molecule has 0 spiro atoms. The van der Waals surface area contributed by atoms with Crippen molar-refractivity contribution in [3.8, 4) is 12.3 Å². The number of carbonyl (C=O) groups is 1. The van der Waals surface area contributed by atoms with E-state index < -0.39 is 5.54 Å².